The molecule has 1 aromatic rings. The Hall–Kier alpha value is -1.45. The summed E-state index contributed by atoms with van der Waals surface area (Å²) in [5, 5.41) is 0. The van der Waals surface area contributed by atoms with Gasteiger partial charge in [-0.1, -0.05) is 64.2 Å². The second-order valence-corrected chi connectivity index (χ2v) is 7.55. The summed E-state index contributed by atoms with van der Waals surface area (Å²) in [6, 6.07) is 8.19. The number of carbonyl (C=O) groups is 1. The van der Waals surface area contributed by atoms with Crippen LogP contribution in [0.3, 0.4) is 0 Å². The number of hydrogen-bond acceptors (Lipinski definition) is 3. The summed E-state index contributed by atoms with van der Waals surface area (Å²) in [7, 11) is 0. The van der Waals surface area contributed by atoms with Gasteiger partial charge in [0.25, 0.3) is 0 Å². The molecule has 3 unspecified atom stereocenters. The summed E-state index contributed by atoms with van der Waals surface area (Å²) in [6.45, 7) is 17.9. The fraction of sp³-hybridized carbons (Fsp3) is 0.654. The van der Waals surface area contributed by atoms with Crippen molar-refractivity contribution in [3.63, 3.8) is 0 Å². The molecule has 0 amide bonds. The highest BCUT2D eigenvalue weighted by Gasteiger charge is 2.29. The average Bonchev–Trinajstić information content (AvgIpc) is 2.76. The molecule has 0 aromatic heterocycles. The second-order valence-electron chi connectivity index (χ2n) is 7.55. The van der Waals surface area contributed by atoms with Gasteiger partial charge >= 0.3 is 0 Å². The summed E-state index contributed by atoms with van der Waals surface area (Å²) in [4.78, 5) is 10.9. The van der Waals surface area contributed by atoms with Crippen LogP contribution < -0.4 is 0 Å². The molecular formula is C26H44O3. The molecule has 1 fully saturated rings. The number of hydrogen-bond donors (Lipinski definition) is 0. The van der Waals surface area contributed by atoms with Crippen molar-refractivity contribution in [3.05, 3.63) is 48.6 Å². The topological polar surface area (TPSA) is 35.5 Å². The van der Waals surface area contributed by atoms with Gasteiger partial charge in [0.05, 0.1) is 0 Å². The molecule has 3 heteroatoms. The van der Waals surface area contributed by atoms with Crippen LogP contribution in [0.5, 0.6) is 0 Å². The first-order chi connectivity index (χ1) is 14.1. The van der Waals surface area contributed by atoms with Crippen LogP contribution in [-0.4, -0.2) is 25.8 Å². The SMILES string of the molecule is C=C.CCCC1CCCCC1C(C)c1cccc(C=O)c1.CCOC(C)OCC. The van der Waals surface area contributed by atoms with Gasteiger partial charge in [-0.2, -0.15) is 0 Å². The number of ether oxygens (including phenoxy) is 2. The molecule has 1 aliphatic carbocycles. The summed E-state index contributed by atoms with van der Waals surface area (Å²) < 4.78 is 10.1. The zero-order valence-corrected chi connectivity index (χ0v) is 19.5. The molecule has 0 bridgehead atoms. The Morgan fingerprint density at radius 1 is 1.07 bits per heavy atom. The number of carbonyl (C=O) groups excluding carboxylic acids is 1. The molecule has 1 saturated carbocycles. The van der Waals surface area contributed by atoms with Crippen molar-refractivity contribution < 1.29 is 14.3 Å². The Kier molecular flexibility index (Phi) is 16.5. The zero-order valence-electron chi connectivity index (χ0n) is 19.5. The van der Waals surface area contributed by atoms with Gasteiger partial charge in [0, 0.05) is 18.8 Å². The van der Waals surface area contributed by atoms with E-state index in [1.807, 2.05) is 32.9 Å². The third kappa shape index (κ3) is 10.8. The molecule has 0 aliphatic heterocycles. The quantitative estimate of drug-likeness (QED) is 0.244. The maximum Gasteiger partial charge on any atom is 0.154 e. The van der Waals surface area contributed by atoms with Crippen LogP contribution in [-0.2, 0) is 9.47 Å². The monoisotopic (exact) mass is 404 g/mol. The van der Waals surface area contributed by atoms with E-state index in [1.54, 1.807) is 0 Å². The van der Waals surface area contributed by atoms with Gasteiger partial charge < -0.3 is 9.47 Å². The van der Waals surface area contributed by atoms with E-state index in [2.05, 4.69) is 39.1 Å². The van der Waals surface area contributed by atoms with Crippen molar-refractivity contribution in [1.29, 1.82) is 0 Å². The lowest BCUT2D eigenvalue weighted by molar-refractivity contribution is -0.123. The van der Waals surface area contributed by atoms with Crippen molar-refractivity contribution in [3.8, 4) is 0 Å². The van der Waals surface area contributed by atoms with Crippen molar-refractivity contribution in [2.24, 2.45) is 11.8 Å². The van der Waals surface area contributed by atoms with E-state index in [4.69, 9.17) is 9.47 Å². The van der Waals surface area contributed by atoms with Crippen LogP contribution in [0.4, 0.5) is 0 Å². The maximum atomic E-state index is 10.9. The Labute approximate surface area is 179 Å². The third-order valence-electron chi connectivity index (χ3n) is 5.64. The molecule has 0 saturated heterocycles. The van der Waals surface area contributed by atoms with Crippen LogP contribution in [0, 0.1) is 11.8 Å². The van der Waals surface area contributed by atoms with Gasteiger partial charge in [-0.15, -0.1) is 13.2 Å². The lowest BCUT2D eigenvalue weighted by atomic mass is 9.69. The number of rotatable bonds is 9. The molecule has 29 heavy (non-hydrogen) atoms. The lowest BCUT2D eigenvalue weighted by Gasteiger charge is -2.36. The Morgan fingerprint density at radius 2 is 1.69 bits per heavy atom. The van der Waals surface area contributed by atoms with Crippen molar-refractivity contribution in [2.75, 3.05) is 13.2 Å². The van der Waals surface area contributed by atoms with Gasteiger partial charge in [0.1, 0.15) is 6.29 Å². The molecule has 0 radical (unpaired) electrons. The first-order valence-corrected chi connectivity index (χ1v) is 11.4. The number of aldehydes is 1. The van der Waals surface area contributed by atoms with E-state index < -0.39 is 0 Å². The lowest BCUT2D eigenvalue weighted by Crippen LogP contribution is -2.24. The minimum Gasteiger partial charge on any atom is -0.353 e. The van der Waals surface area contributed by atoms with Crippen LogP contribution >= 0.6 is 0 Å². The predicted molar refractivity (Wildman–Crippen MR) is 125 cm³/mol. The summed E-state index contributed by atoms with van der Waals surface area (Å²) in [6.07, 6.45) is 9.12. The summed E-state index contributed by atoms with van der Waals surface area (Å²) >= 11 is 0. The molecule has 0 heterocycles. The third-order valence-corrected chi connectivity index (χ3v) is 5.64. The predicted octanol–water partition coefficient (Wildman–Crippen LogP) is 7.42. The highest BCUT2D eigenvalue weighted by atomic mass is 16.7. The van der Waals surface area contributed by atoms with Gasteiger partial charge in [-0.25, -0.2) is 0 Å². The van der Waals surface area contributed by atoms with E-state index in [0.717, 1.165) is 36.9 Å². The minimum atomic E-state index is -0.0370. The molecule has 2 rings (SSSR count). The van der Waals surface area contributed by atoms with Crippen LogP contribution in [0.2, 0.25) is 0 Å². The molecule has 1 aromatic carbocycles. The van der Waals surface area contributed by atoms with Crippen LogP contribution in [0.25, 0.3) is 0 Å². The Balaban J connectivity index is 0.000000664. The molecule has 166 valence electrons. The largest absolute Gasteiger partial charge is 0.353 e. The first kappa shape index (κ1) is 27.5. The summed E-state index contributed by atoms with van der Waals surface area (Å²) in [5.74, 6) is 2.26. The van der Waals surface area contributed by atoms with Crippen LogP contribution in [0.15, 0.2) is 37.4 Å². The highest BCUT2D eigenvalue weighted by Crippen LogP contribution is 2.41. The minimum absolute atomic E-state index is 0.0370. The van der Waals surface area contributed by atoms with Crippen LogP contribution in [0.1, 0.15) is 95.0 Å². The van der Waals surface area contributed by atoms with Gasteiger partial charge in [0.15, 0.2) is 6.29 Å². The average molecular weight is 405 g/mol. The smallest absolute Gasteiger partial charge is 0.154 e. The van der Waals surface area contributed by atoms with E-state index >= 15 is 0 Å². The Bertz CT molecular complexity index is 520. The summed E-state index contributed by atoms with van der Waals surface area (Å²) in [5.41, 5.74) is 2.16. The molecule has 1 aliphatic rings. The van der Waals surface area contributed by atoms with E-state index in [9.17, 15) is 4.79 Å². The molecule has 0 N–H and O–H groups in total. The van der Waals surface area contributed by atoms with Gasteiger partial charge in [0.2, 0.25) is 0 Å². The van der Waals surface area contributed by atoms with E-state index in [0.29, 0.717) is 5.92 Å². The normalized spacial score (nSPS) is 19.4. The zero-order chi connectivity index (χ0) is 22.1. The molecular weight excluding hydrogens is 360 g/mol. The van der Waals surface area contributed by atoms with Gasteiger partial charge in [-0.05, 0) is 56.6 Å². The van der Waals surface area contributed by atoms with E-state index in [-0.39, 0.29) is 6.29 Å². The standard InChI is InChI=1S/C18H26O.C6H14O2.C2H4/c1-3-7-16-9-4-5-11-18(16)14(2)17-10-6-8-15(12-17)13-19;1-4-7-6(3)8-5-2;1-2/h6,8,10,12-14,16,18H,3-5,7,9,11H2,1-2H3;6H,4-5H2,1-3H3;1-2H2. The fourth-order valence-corrected chi connectivity index (χ4v) is 4.30. The highest BCUT2D eigenvalue weighted by molar-refractivity contribution is 5.75. The number of benzene rings is 1. The van der Waals surface area contributed by atoms with Crippen molar-refractivity contribution >= 4 is 6.29 Å². The second kappa shape index (κ2) is 17.4. The van der Waals surface area contributed by atoms with Crippen molar-refractivity contribution in [1.82, 2.24) is 0 Å². The molecule has 0 spiro atoms. The van der Waals surface area contributed by atoms with E-state index in [1.165, 1.54) is 44.1 Å². The van der Waals surface area contributed by atoms with Crippen molar-refractivity contribution in [2.45, 2.75) is 85.4 Å². The maximum absolute atomic E-state index is 10.9. The molecule has 3 nitrogen and oxygen atoms in total. The fourth-order valence-electron chi connectivity index (χ4n) is 4.30. The Morgan fingerprint density at radius 3 is 2.24 bits per heavy atom. The first-order valence-electron chi connectivity index (χ1n) is 11.4. The van der Waals surface area contributed by atoms with Gasteiger partial charge in [-0.3, -0.25) is 4.79 Å². The molecule has 3 atom stereocenters.